The highest BCUT2D eigenvalue weighted by molar-refractivity contribution is 7.99. The van der Waals surface area contributed by atoms with Crippen molar-refractivity contribution < 1.29 is 13.6 Å². The Labute approximate surface area is 169 Å². The van der Waals surface area contributed by atoms with Crippen molar-refractivity contribution in [2.24, 2.45) is 0 Å². The van der Waals surface area contributed by atoms with Gasteiger partial charge in [-0.1, -0.05) is 42.1 Å². The molecule has 0 saturated carbocycles. The minimum absolute atomic E-state index is 0.0116. The van der Waals surface area contributed by atoms with Gasteiger partial charge in [0.05, 0.1) is 29.3 Å². The highest BCUT2D eigenvalue weighted by Crippen LogP contribution is 2.30. The van der Waals surface area contributed by atoms with Gasteiger partial charge in [0.15, 0.2) is 10.9 Å². The van der Waals surface area contributed by atoms with E-state index in [2.05, 4.69) is 11.1 Å². The fourth-order valence-electron chi connectivity index (χ4n) is 3.35. The normalized spacial score (nSPS) is 11.4. The molecule has 4 aromatic rings. The molecule has 0 aliphatic rings. The molecule has 0 amide bonds. The molecule has 2 heterocycles. The van der Waals surface area contributed by atoms with Crippen molar-refractivity contribution in [2.45, 2.75) is 24.7 Å². The first-order chi connectivity index (χ1) is 14.1. The molecule has 0 atom stereocenters. The number of aryl methyl sites for hydroxylation is 1. The standard InChI is InChI=1S/C21H16F2N4OS/c22-20(23)27-18-9-4-2-7-16(18)25-21(27)29-13-19(28)15-12-26(11-5-10-24)17-8-3-1-6-14(15)17/h1-4,6-9,12,20H,5,11,13H2. The Morgan fingerprint density at radius 2 is 1.86 bits per heavy atom. The van der Waals surface area contributed by atoms with Crippen molar-refractivity contribution in [1.82, 2.24) is 14.1 Å². The summed E-state index contributed by atoms with van der Waals surface area (Å²) in [4.78, 5) is 17.2. The van der Waals surface area contributed by atoms with Gasteiger partial charge in [-0.2, -0.15) is 14.0 Å². The van der Waals surface area contributed by atoms with Crippen LogP contribution < -0.4 is 0 Å². The SMILES string of the molecule is N#CCCn1cc(C(=O)CSc2nc3ccccc3n2C(F)F)c2ccccc21. The molecule has 146 valence electrons. The Kier molecular flexibility index (Phi) is 5.32. The van der Waals surface area contributed by atoms with E-state index in [0.29, 0.717) is 29.6 Å². The van der Waals surface area contributed by atoms with Crippen LogP contribution in [0.1, 0.15) is 23.3 Å². The van der Waals surface area contributed by atoms with Crippen LogP contribution >= 0.6 is 11.8 Å². The van der Waals surface area contributed by atoms with Crippen molar-refractivity contribution in [2.75, 3.05) is 5.75 Å². The second-order valence-electron chi connectivity index (χ2n) is 6.40. The number of imidazole rings is 1. The van der Waals surface area contributed by atoms with Crippen LogP contribution in [0, 0.1) is 11.3 Å². The maximum atomic E-state index is 13.6. The molecule has 0 unspecified atom stereocenters. The van der Waals surface area contributed by atoms with Crippen LogP contribution in [0.3, 0.4) is 0 Å². The van der Waals surface area contributed by atoms with Gasteiger partial charge in [0.25, 0.3) is 0 Å². The van der Waals surface area contributed by atoms with Gasteiger partial charge in [0.2, 0.25) is 0 Å². The number of thioether (sulfide) groups is 1. The van der Waals surface area contributed by atoms with Crippen LogP contribution in [0.15, 0.2) is 59.9 Å². The lowest BCUT2D eigenvalue weighted by molar-refractivity contribution is 0.0656. The number of nitriles is 1. The zero-order chi connectivity index (χ0) is 20.4. The number of carbonyl (C=O) groups excluding carboxylic acids is 1. The van der Waals surface area contributed by atoms with E-state index in [9.17, 15) is 13.6 Å². The van der Waals surface area contributed by atoms with Crippen LogP contribution in [0.5, 0.6) is 0 Å². The van der Waals surface area contributed by atoms with Gasteiger partial charge in [0.1, 0.15) is 0 Å². The van der Waals surface area contributed by atoms with E-state index in [1.807, 2.05) is 28.8 Å². The third-order valence-corrected chi connectivity index (χ3v) is 5.60. The summed E-state index contributed by atoms with van der Waals surface area (Å²) in [5.41, 5.74) is 2.20. The van der Waals surface area contributed by atoms with E-state index < -0.39 is 6.55 Å². The number of hydrogen-bond donors (Lipinski definition) is 0. The van der Waals surface area contributed by atoms with Crippen molar-refractivity contribution in [3.8, 4) is 6.07 Å². The third-order valence-electron chi connectivity index (χ3n) is 4.64. The summed E-state index contributed by atoms with van der Waals surface area (Å²) in [5, 5.41) is 9.76. The highest BCUT2D eigenvalue weighted by Gasteiger charge is 2.20. The van der Waals surface area contributed by atoms with E-state index in [1.54, 1.807) is 30.5 Å². The topological polar surface area (TPSA) is 63.6 Å². The van der Waals surface area contributed by atoms with Gasteiger partial charge in [-0.05, 0) is 18.2 Å². The predicted octanol–water partition coefficient (Wildman–Crippen LogP) is 5.27. The van der Waals surface area contributed by atoms with Crippen molar-refractivity contribution in [3.63, 3.8) is 0 Å². The highest BCUT2D eigenvalue weighted by atomic mass is 32.2. The summed E-state index contributed by atoms with van der Waals surface area (Å²) < 4.78 is 29.9. The van der Waals surface area contributed by atoms with Crippen molar-refractivity contribution >= 4 is 39.5 Å². The number of benzene rings is 2. The lowest BCUT2D eigenvalue weighted by Crippen LogP contribution is -2.05. The maximum absolute atomic E-state index is 13.6. The van der Waals surface area contributed by atoms with Gasteiger partial charge in [0, 0.05) is 29.2 Å². The number of nitrogens with zero attached hydrogens (tertiary/aromatic N) is 4. The average molecular weight is 410 g/mol. The number of ketones is 1. The molecule has 0 saturated heterocycles. The lowest BCUT2D eigenvalue weighted by atomic mass is 10.1. The van der Waals surface area contributed by atoms with Gasteiger partial charge in [-0.3, -0.25) is 9.36 Å². The number of carbonyl (C=O) groups is 1. The first kappa shape index (κ1) is 19.2. The van der Waals surface area contributed by atoms with Crippen LogP contribution in [0.25, 0.3) is 21.9 Å². The molecule has 0 fully saturated rings. The molecule has 0 spiro atoms. The fraction of sp³-hybridized carbons (Fsp3) is 0.190. The van der Waals surface area contributed by atoms with E-state index in [4.69, 9.17) is 5.26 Å². The molecule has 0 radical (unpaired) electrons. The van der Waals surface area contributed by atoms with E-state index in [-0.39, 0.29) is 16.7 Å². The van der Waals surface area contributed by atoms with Gasteiger partial charge in [-0.25, -0.2) is 4.98 Å². The third kappa shape index (κ3) is 3.61. The van der Waals surface area contributed by atoms with E-state index >= 15 is 0 Å². The number of alkyl halides is 2. The molecule has 0 N–H and O–H groups in total. The number of para-hydroxylation sites is 3. The first-order valence-corrected chi connectivity index (χ1v) is 9.94. The average Bonchev–Trinajstić information content (AvgIpc) is 3.29. The summed E-state index contributed by atoms with van der Waals surface area (Å²) in [6, 6.07) is 16.2. The Hall–Kier alpha value is -3.18. The number of halogens is 2. The molecule has 4 rings (SSSR count). The first-order valence-electron chi connectivity index (χ1n) is 8.96. The van der Waals surface area contributed by atoms with Crippen molar-refractivity contribution in [3.05, 3.63) is 60.3 Å². The minimum atomic E-state index is -2.74. The maximum Gasteiger partial charge on any atom is 0.321 e. The molecule has 2 aromatic heterocycles. The minimum Gasteiger partial charge on any atom is -0.346 e. The summed E-state index contributed by atoms with van der Waals surface area (Å²) in [5.74, 6) is -0.183. The molecule has 0 aliphatic heterocycles. The van der Waals surface area contributed by atoms with Crippen LogP contribution in [0.4, 0.5) is 8.78 Å². The monoisotopic (exact) mass is 410 g/mol. The number of Topliss-reactive ketones (excluding diaryl/α,β-unsaturated/α-hetero) is 1. The molecule has 29 heavy (non-hydrogen) atoms. The lowest BCUT2D eigenvalue weighted by Gasteiger charge is -2.06. The largest absolute Gasteiger partial charge is 0.346 e. The quantitative estimate of drug-likeness (QED) is 0.307. The summed E-state index contributed by atoms with van der Waals surface area (Å²) in [7, 11) is 0. The predicted molar refractivity (Wildman–Crippen MR) is 108 cm³/mol. The molecule has 0 bridgehead atoms. The fourth-order valence-corrected chi connectivity index (χ4v) is 4.24. The van der Waals surface area contributed by atoms with Gasteiger partial charge in [-0.15, -0.1) is 0 Å². The Morgan fingerprint density at radius 1 is 1.14 bits per heavy atom. The zero-order valence-corrected chi connectivity index (χ0v) is 16.1. The summed E-state index contributed by atoms with van der Waals surface area (Å²) in [6.45, 7) is -2.26. The second kappa shape index (κ2) is 8.05. The van der Waals surface area contributed by atoms with Crippen LogP contribution in [-0.4, -0.2) is 25.7 Å². The number of rotatable bonds is 7. The molecule has 0 aliphatic carbocycles. The van der Waals surface area contributed by atoms with Crippen LogP contribution in [0.2, 0.25) is 0 Å². The second-order valence-corrected chi connectivity index (χ2v) is 7.35. The van der Waals surface area contributed by atoms with Gasteiger partial charge < -0.3 is 4.57 Å². The van der Waals surface area contributed by atoms with E-state index in [1.165, 1.54) is 0 Å². The van der Waals surface area contributed by atoms with Gasteiger partial charge >= 0.3 is 6.55 Å². The van der Waals surface area contributed by atoms with Crippen molar-refractivity contribution in [1.29, 1.82) is 5.26 Å². The Bertz CT molecular complexity index is 1240. The Balaban J connectivity index is 1.62. The molecular weight excluding hydrogens is 394 g/mol. The number of fused-ring (bicyclic) bond motifs is 2. The number of hydrogen-bond acceptors (Lipinski definition) is 4. The molecule has 5 nitrogen and oxygen atoms in total. The molecular formula is C21H16F2N4OS. The smallest absolute Gasteiger partial charge is 0.321 e. The van der Waals surface area contributed by atoms with Crippen LogP contribution in [-0.2, 0) is 6.54 Å². The summed E-state index contributed by atoms with van der Waals surface area (Å²) >= 11 is 1.00. The number of aromatic nitrogens is 3. The molecule has 2 aromatic carbocycles. The van der Waals surface area contributed by atoms with E-state index in [0.717, 1.165) is 27.2 Å². The zero-order valence-electron chi connectivity index (χ0n) is 15.3. The Morgan fingerprint density at radius 3 is 2.62 bits per heavy atom. The molecule has 8 heteroatoms. The summed E-state index contributed by atoms with van der Waals surface area (Å²) in [6.07, 6.45) is 2.07.